The molecule has 0 saturated carbocycles. The van der Waals surface area contributed by atoms with Crippen molar-refractivity contribution in [1.29, 1.82) is 0 Å². The number of carbonyl (C=O) groups is 1. The number of rotatable bonds is 5. The summed E-state index contributed by atoms with van der Waals surface area (Å²) in [5.74, 6) is -0.222. The van der Waals surface area contributed by atoms with E-state index in [-0.39, 0.29) is 5.97 Å². The zero-order chi connectivity index (χ0) is 12.8. The van der Waals surface area contributed by atoms with Crippen LogP contribution in [-0.4, -0.2) is 19.6 Å². The predicted molar refractivity (Wildman–Crippen MR) is 73.9 cm³/mol. The molecule has 1 N–H and O–H groups in total. The topological polar surface area (TPSA) is 38.3 Å². The first-order valence-corrected chi connectivity index (χ1v) is 6.54. The number of methoxy groups -OCH3 is 1. The largest absolute Gasteiger partial charge is 0.469 e. The van der Waals surface area contributed by atoms with Crippen molar-refractivity contribution in [3.8, 4) is 0 Å². The summed E-state index contributed by atoms with van der Waals surface area (Å²) >= 11 is 15.4. The summed E-state index contributed by atoms with van der Waals surface area (Å²) in [4.78, 5) is 10.9. The van der Waals surface area contributed by atoms with Gasteiger partial charge in [0, 0.05) is 17.4 Å². The summed E-state index contributed by atoms with van der Waals surface area (Å²) in [6.45, 7) is 0.607. The fourth-order valence-corrected chi connectivity index (χ4v) is 2.60. The molecule has 0 saturated heterocycles. The van der Waals surface area contributed by atoms with Crippen molar-refractivity contribution in [3.05, 3.63) is 26.7 Å². The third kappa shape index (κ3) is 4.74. The molecule has 0 amide bonds. The first-order chi connectivity index (χ1) is 8.04. The van der Waals surface area contributed by atoms with E-state index in [0.717, 1.165) is 4.47 Å². The number of esters is 1. The number of carbonyl (C=O) groups excluding carboxylic acids is 1. The molecule has 6 heteroatoms. The van der Waals surface area contributed by atoms with E-state index in [1.807, 2.05) is 0 Å². The van der Waals surface area contributed by atoms with Crippen LogP contribution in [0.1, 0.15) is 12.8 Å². The zero-order valence-electron chi connectivity index (χ0n) is 9.23. The SMILES string of the molecule is COC(=O)CCCNc1c(Cl)cc(Br)cc1Cl. The summed E-state index contributed by atoms with van der Waals surface area (Å²) in [6, 6.07) is 3.52. The fourth-order valence-electron chi connectivity index (χ4n) is 1.26. The molecule has 0 unspecified atom stereocenters. The molecule has 0 radical (unpaired) electrons. The van der Waals surface area contributed by atoms with Gasteiger partial charge >= 0.3 is 5.97 Å². The molecule has 17 heavy (non-hydrogen) atoms. The van der Waals surface area contributed by atoms with Crippen molar-refractivity contribution in [2.45, 2.75) is 12.8 Å². The minimum Gasteiger partial charge on any atom is -0.469 e. The smallest absolute Gasteiger partial charge is 0.305 e. The van der Waals surface area contributed by atoms with E-state index in [1.54, 1.807) is 12.1 Å². The van der Waals surface area contributed by atoms with Gasteiger partial charge in [-0.1, -0.05) is 39.1 Å². The molecule has 1 aromatic rings. The van der Waals surface area contributed by atoms with Gasteiger partial charge in [-0.2, -0.15) is 0 Å². The quantitative estimate of drug-likeness (QED) is 0.647. The van der Waals surface area contributed by atoms with Crippen LogP contribution in [0.3, 0.4) is 0 Å². The molecule has 0 heterocycles. The van der Waals surface area contributed by atoms with Crippen molar-refractivity contribution in [2.75, 3.05) is 19.0 Å². The lowest BCUT2D eigenvalue weighted by Gasteiger charge is -2.10. The van der Waals surface area contributed by atoms with Gasteiger partial charge in [-0.3, -0.25) is 4.79 Å². The first kappa shape index (κ1) is 14.6. The van der Waals surface area contributed by atoms with Gasteiger partial charge in [0.2, 0.25) is 0 Å². The predicted octanol–water partition coefficient (Wildman–Crippen LogP) is 4.12. The molecular formula is C11H12BrCl2NO2. The maximum atomic E-state index is 10.9. The van der Waals surface area contributed by atoms with Gasteiger partial charge in [0.15, 0.2) is 0 Å². The highest BCUT2D eigenvalue weighted by molar-refractivity contribution is 9.10. The molecule has 1 rings (SSSR count). The van der Waals surface area contributed by atoms with Crippen LogP contribution in [0.5, 0.6) is 0 Å². The number of anilines is 1. The van der Waals surface area contributed by atoms with Crippen molar-refractivity contribution in [1.82, 2.24) is 0 Å². The van der Waals surface area contributed by atoms with E-state index in [2.05, 4.69) is 26.0 Å². The number of ether oxygens (including phenoxy) is 1. The lowest BCUT2D eigenvalue weighted by Crippen LogP contribution is -2.07. The van der Waals surface area contributed by atoms with Gasteiger partial charge in [0.1, 0.15) is 0 Å². The van der Waals surface area contributed by atoms with Crippen molar-refractivity contribution in [3.63, 3.8) is 0 Å². The van der Waals surface area contributed by atoms with Crippen LogP contribution in [0, 0.1) is 0 Å². The first-order valence-electron chi connectivity index (χ1n) is 5.00. The third-order valence-electron chi connectivity index (χ3n) is 2.09. The highest BCUT2D eigenvalue weighted by Gasteiger charge is 2.07. The molecular weight excluding hydrogens is 329 g/mol. The van der Waals surface area contributed by atoms with Crippen LogP contribution in [0.4, 0.5) is 5.69 Å². The molecule has 0 aromatic heterocycles. The molecule has 0 atom stereocenters. The second kappa shape index (κ2) is 7.09. The Kier molecular flexibility index (Phi) is 6.09. The molecule has 3 nitrogen and oxygen atoms in total. The standard InChI is InChI=1S/C11H12BrCl2NO2/c1-17-10(16)3-2-4-15-11-8(13)5-7(12)6-9(11)14/h5-6,15H,2-4H2,1H3. The normalized spacial score (nSPS) is 10.1. The van der Waals surface area contributed by atoms with E-state index >= 15 is 0 Å². The molecule has 0 aliphatic carbocycles. The summed E-state index contributed by atoms with van der Waals surface area (Å²) in [5.41, 5.74) is 0.682. The Hall–Kier alpha value is -0.450. The highest BCUT2D eigenvalue weighted by atomic mass is 79.9. The summed E-state index contributed by atoms with van der Waals surface area (Å²) < 4.78 is 5.37. The lowest BCUT2D eigenvalue weighted by atomic mass is 10.3. The second-order valence-electron chi connectivity index (χ2n) is 3.35. The Morgan fingerprint density at radius 2 is 2.00 bits per heavy atom. The van der Waals surface area contributed by atoms with Gasteiger partial charge in [-0.25, -0.2) is 0 Å². The Morgan fingerprint density at radius 3 is 2.53 bits per heavy atom. The third-order valence-corrected chi connectivity index (χ3v) is 3.15. The molecule has 0 fully saturated rings. The van der Waals surface area contributed by atoms with Crippen molar-refractivity contribution < 1.29 is 9.53 Å². The van der Waals surface area contributed by atoms with Crippen LogP contribution in [0.15, 0.2) is 16.6 Å². The highest BCUT2D eigenvalue weighted by Crippen LogP contribution is 2.33. The molecule has 0 spiro atoms. The van der Waals surface area contributed by atoms with Gasteiger partial charge < -0.3 is 10.1 Å². The van der Waals surface area contributed by atoms with Gasteiger partial charge in [0.25, 0.3) is 0 Å². The molecule has 0 bridgehead atoms. The Labute approximate surface area is 119 Å². The van der Waals surface area contributed by atoms with Gasteiger partial charge in [-0.05, 0) is 18.6 Å². The van der Waals surface area contributed by atoms with Crippen LogP contribution < -0.4 is 5.32 Å². The van der Waals surface area contributed by atoms with Crippen LogP contribution in [0.25, 0.3) is 0 Å². The fraction of sp³-hybridized carbons (Fsp3) is 0.364. The second-order valence-corrected chi connectivity index (χ2v) is 5.08. The van der Waals surface area contributed by atoms with E-state index in [1.165, 1.54) is 7.11 Å². The van der Waals surface area contributed by atoms with Crippen LogP contribution in [-0.2, 0) is 9.53 Å². The van der Waals surface area contributed by atoms with Crippen LogP contribution in [0.2, 0.25) is 10.0 Å². The number of hydrogen-bond donors (Lipinski definition) is 1. The number of nitrogens with one attached hydrogen (secondary N) is 1. The Balaban J connectivity index is 2.50. The minimum atomic E-state index is -0.222. The molecule has 94 valence electrons. The van der Waals surface area contributed by atoms with E-state index in [4.69, 9.17) is 23.2 Å². The Bertz CT molecular complexity index is 389. The Morgan fingerprint density at radius 1 is 1.41 bits per heavy atom. The maximum absolute atomic E-state index is 10.9. The average Bonchev–Trinajstić information content (AvgIpc) is 2.26. The monoisotopic (exact) mass is 339 g/mol. The molecule has 1 aromatic carbocycles. The summed E-state index contributed by atoms with van der Waals surface area (Å²) in [6.07, 6.45) is 1.03. The molecule has 0 aliphatic heterocycles. The average molecular weight is 341 g/mol. The van der Waals surface area contributed by atoms with Gasteiger partial charge in [0.05, 0.1) is 22.8 Å². The number of hydrogen-bond acceptors (Lipinski definition) is 3. The van der Waals surface area contributed by atoms with Gasteiger partial charge in [-0.15, -0.1) is 0 Å². The lowest BCUT2D eigenvalue weighted by molar-refractivity contribution is -0.140. The summed E-state index contributed by atoms with van der Waals surface area (Å²) in [7, 11) is 1.37. The van der Waals surface area contributed by atoms with Crippen LogP contribution >= 0.6 is 39.1 Å². The van der Waals surface area contributed by atoms with Crippen molar-refractivity contribution in [2.24, 2.45) is 0 Å². The number of benzene rings is 1. The van der Waals surface area contributed by atoms with Crippen molar-refractivity contribution >= 4 is 50.8 Å². The number of halogens is 3. The minimum absolute atomic E-state index is 0.222. The summed E-state index contributed by atoms with van der Waals surface area (Å²) in [5, 5.41) is 4.18. The van der Waals surface area contributed by atoms with E-state index in [0.29, 0.717) is 35.1 Å². The van der Waals surface area contributed by atoms with E-state index < -0.39 is 0 Å². The van der Waals surface area contributed by atoms with E-state index in [9.17, 15) is 4.79 Å². The zero-order valence-corrected chi connectivity index (χ0v) is 12.3. The molecule has 0 aliphatic rings. The maximum Gasteiger partial charge on any atom is 0.305 e.